The van der Waals surface area contributed by atoms with Crippen LogP contribution in [-0.2, 0) is 0 Å². The highest BCUT2D eigenvalue weighted by molar-refractivity contribution is 4.78. The first-order valence-corrected chi connectivity index (χ1v) is 8.56. The molecule has 0 bridgehead atoms. The summed E-state index contributed by atoms with van der Waals surface area (Å²) in [4.78, 5) is 2.41. The van der Waals surface area contributed by atoms with Gasteiger partial charge in [-0.3, -0.25) is 0 Å². The van der Waals surface area contributed by atoms with Gasteiger partial charge in [-0.1, -0.05) is 52.4 Å². The van der Waals surface area contributed by atoms with Crippen molar-refractivity contribution in [1.29, 1.82) is 0 Å². The monoisotopic (exact) mass is 268 g/mol. The van der Waals surface area contributed by atoms with E-state index in [0.717, 1.165) is 18.4 Å². The lowest BCUT2D eigenvalue weighted by atomic mass is 9.93. The first-order valence-electron chi connectivity index (χ1n) is 8.56. The summed E-state index contributed by atoms with van der Waals surface area (Å²) < 4.78 is 0. The molecule has 1 aliphatic rings. The van der Waals surface area contributed by atoms with Crippen LogP contribution in [0.15, 0.2) is 0 Å². The standard InChI is InChI=1S/C17H36N2/c1-5-16(6-2)17(19(3)4)14-18-13-15-11-9-7-8-10-12-15/h15-18H,5-14H2,1-4H3. The second kappa shape index (κ2) is 9.77. The van der Waals surface area contributed by atoms with Gasteiger partial charge in [0.15, 0.2) is 0 Å². The smallest absolute Gasteiger partial charge is 0.0242 e. The Bertz CT molecular complexity index is 203. The van der Waals surface area contributed by atoms with E-state index < -0.39 is 0 Å². The summed E-state index contributed by atoms with van der Waals surface area (Å²) in [6, 6.07) is 0.695. The Morgan fingerprint density at radius 1 is 1.00 bits per heavy atom. The maximum atomic E-state index is 3.77. The Morgan fingerprint density at radius 2 is 1.58 bits per heavy atom. The molecule has 1 rings (SSSR count). The third kappa shape index (κ3) is 6.27. The molecule has 1 N–H and O–H groups in total. The van der Waals surface area contributed by atoms with Crippen molar-refractivity contribution in [2.75, 3.05) is 27.2 Å². The van der Waals surface area contributed by atoms with Crippen LogP contribution >= 0.6 is 0 Å². The fourth-order valence-electron chi connectivity index (χ4n) is 3.61. The van der Waals surface area contributed by atoms with E-state index in [2.05, 4.69) is 38.2 Å². The molecule has 1 atom stereocenters. The number of hydrogen-bond donors (Lipinski definition) is 1. The quantitative estimate of drug-likeness (QED) is 0.671. The van der Waals surface area contributed by atoms with Gasteiger partial charge in [-0.05, 0) is 45.3 Å². The van der Waals surface area contributed by atoms with Crippen molar-refractivity contribution in [3.63, 3.8) is 0 Å². The molecule has 2 nitrogen and oxygen atoms in total. The maximum absolute atomic E-state index is 3.77. The van der Waals surface area contributed by atoms with Crippen LogP contribution in [-0.4, -0.2) is 38.1 Å². The highest BCUT2D eigenvalue weighted by Crippen LogP contribution is 2.22. The highest BCUT2D eigenvalue weighted by Gasteiger charge is 2.20. The molecule has 2 heteroatoms. The van der Waals surface area contributed by atoms with Crippen LogP contribution in [0.25, 0.3) is 0 Å². The van der Waals surface area contributed by atoms with E-state index in [4.69, 9.17) is 0 Å². The van der Waals surface area contributed by atoms with Crippen LogP contribution < -0.4 is 5.32 Å². The molecule has 1 unspecified atom stereocenters. The minimum atomic E-state index is 0.695. The molecular formula is C17H36N2. The molecule has 0 heterocycles. The molecule has 0 aromatic heterocycles. The van der Waals surface area contributed by atoms with Gasteiger partial charge >= 0.3 is 0 Å². The summed E-state index contributed by atoms with van der Waals surface area (Å²) in [5, 5.41) is 3.77. The maximum Gasteiger partial charge on any atom is 0.0242 e. The van der Waals surface area contributed by atoms with E-state index >= 15 is 0 Å². The number of nitrogens with zero attached hydrogens (tertiary/aromatic N) is 1. The van der Waals surface area contributed by atoms with Crippen molar-refractivity contribution in [2.45, 2.75) is 71.3 Å². The summed E-state index contributed by atoms with van der Waals surface area (Å²) in [7, 11) is 4.46. The first kappa shape index (κ1) is 17.0. The van der Waals surface area contributed by atoms with Crippen molar-refractivity contribution in [1.82, 2.24) is 10.2 Å². The number of hydrogen-bond acceptors (Lipinski definition) is 2. The number of rotatable bonds is 8. The lowest BCUT2D eigenvalue weighted by molar-refractivity contribution is 0.191. The Kier molecular flexibility index (Phi) is 8.72. The third-order valence-corrected chi connectivity index (χ3v) is 5.02. The van der Waals surface area contributed by atoms with Gasteiger partial charge < -0.3 is 10.2 Å². The van der Waals surface area contributed by atoms with Gasteiger partial charge in [0, 0.05) is 12.6 Å². The van der Waals surface area contributed by atoms with E-state index in [1.807, 2.05) is 0 Å². The van der Waals surface area contributed by atoms with Crippen molar-refractivity contribution in [3.8, 4) is 0 Å². The molecule has 0 aromatic rings. The van der Waals surface area contributed by atoms with E-state index in [0.29, 0.717) is 6.04 Å². The molecule has 0 aliphatic heterocycles. The first-order chi connectivity index (χ1) is 9.19. The fraction of sp³-hybridized carbons (Fsp3) is 1.00. The van der Waals surface area contributed by atoms with Crippen LogP contribution in [0, 0.1) is 11.8 Å². The molecule has 1 fully saturated rings. The third-order valence-electron chi connectivity index (χ3n) is 5.02. The lowest BCUT2D eigenvalue weighted by Gasteiger charge is -2.32. The van der Waals surface area contributed by atoms with Gasteiger partial charge in [0.05, 0.1) is 0 Å². The molecule has 19 heavy (non-hydrogen) atoms. The highest BCUT2D eigenvalue weighted by atomic mass is 15.1. The minimum Gasteiger partial charge on any atom is -0.315 e. The van der Waals surface area contributed by atoms with Crippen LogP contribution in [0.2, 0.25) is 0 Å². The van der Waals surface area contributed by atoms with E-state index in [1.54, 1.807) is 0 Å². The van der Waals surface area contributed by atoms with Gasteiger partial charge in [0.2, 0.25) is 0 Å². The topological polar surface area (TPSA) is 15.3 Å². The van der Waals surface area contributed by atoms with Gasteiger partial charge in [-0.2, -0.15) is 0 Å². The SMILES string of the molecule is CCC(CC)C(CNCC1CCCCCC1)N(C)C. The second-order valence-electron chi connectivity index (χ2n) is 6.62. The summed E-state index contributed by atoms with van der Waals surface area (Å²) in [6.07, 6.45) is 11.3. The zero-order chi connectivity index (χ0) is 14.1. The molecule has 1 saturated carbocycles. The predicted octanol–water partition coefficient (Wildman–Crippen LogP) is 3.91. The lowest BCUT2D eigenvalue weighted by Crippen LogP contribution is -2.44. The van der Waals surface area contributed by atoms with E-state index in [9.17, 15) is 0 Å². The molecule has 0 spiro atoms. The van der Waals surface area contributed by atoms with Crippen LogP contribution in [0.3, 0.4) is 0 Å². The summed E-state index contributed by atoms with van der Waals surface area (Å²) in [5.74, 6) is 1.77. The van der Waals surface area contributed by atoms with Gasteiger partial charge in [0.25, 0.3) is 0 Å². The van der Waals surface area contributed by atoms with Crippen molar-refractivity contribution >= 4 is 0 Å². The molecule has 114 valence electrons. The van der Waals surface area contributed by atoms with Crippen molar-refractivity contribution in [2.24, 2.45) is 11.8 Å². The van der Waals surface area contributed by atoms with Gasteiger partial charge in [0.1, 0.15) is 0 Å². The largest absolute Gasteiger partial charge is 0.315 e. The normalized spacial score (nSPS) is 19.9. The fourth-order valence-corrected chi connectivity index (χ4v) is 3.61. The van der Waals surface area contributed by atoms with Gasteiger partial charge in [-0.25, -0.2) is 0 Å². The molecule has 0 saturated heterocycles. The Hall–Kier alpha value is -0.0800. The Morgan fingerprint density at radius 3 is 2.05 bits per heavy atom. The molecule has 0 aromatic carbocycles. The van der Waals surface area contributed by atoms with Crippen LogP contribution in [0.1, 0.15) is 65.2 Å². The zero-order valence-corrected chi connectivity index (χ0v) is 13.8. The zero-order valence-electron chi connectivity index (χ0n) is 13.8. The van der Waals surface area contributed by atoms with Gasteiger partial charge in [-0.15, -0.1) is 0 Å². The second-order valence-corrected chi connectivity index (χ2v) is 6.62. The minimum absolute atomic E-state index is 0.695. The van der Waals surface area contributed by atoms with Crippen LogP contribution in [0.4, 0.5) is 0 Å². The average Bonchev–Trinajstić information content (AvgIpc) is 2.66. The summed E-state index contributed by atoms with van der Waals surface area (Å²) in [5.41, 5.74) is 0. The average molecular weight is 268 g/mol. The van der Waals surface area contributed by atoms with Crippen molar-refractivity contribution in [3.05, 3.63) is 0 Å². The van der Waals surface area contributed by atoms with E-state index in [1.165, 1.54) is 57.9 Å². The molecule has 1 aliphatic carbocycles. The van der Waals surface area contributed by atoms with Crippen LogP contribution in [0.5, 0.6) is 0 Å². The Balaban J connectivity index is 2.30. The predicted molar refractivity (Wildman–Crippen MR) is 85.6 cm³/mol. The molecular weight excluding hydrogens is 232 g/mol. The van der Waals surface area contributed by atoms with E-state index in [-0.39, 0.29) is 0 Å². The summed E-state index contributed by atoms with van der Waals surface area (Å²) in [6.45, 7) is 7.06. The van der Waals surface area contributed by atoms with Crippen molar-refractivity contribution < 1.29 is 0 Å². The summed E-state index contributed by atoms with van der Waals surface area (Å²) >= 11 is 0. The Labute approximate surface area is 121 Å². The molecule has 0 radical (unpaired) electrons. The molecule has 0 amide bonds. The number of likely N-dealkylation sites (N-methyl/N-ethyl adjacent to an activating group) is 1. The number of nitrogens with one attached hydrogen (secondary N) is 1.